The van der Waals surface area contributed by atoms with Crippen molar-refractivity contribution in [1.29, 1.82) is 0 Å². The van der Waals surface area contributed by atoms with E-state index >= 15 is 0 Å². The number of aromatic nitrogens is 2. The molecule has 0 bridgehead atoms. The summed E-state index contributed by atoms with van der Waals surface area (Å²) in [4.78, 5) is 13.0. The molecule has 5 nitrogen and oxygen atoms in total. The first-order chi connectivity index (χ1) is 8.75. The quantitative estimate of drug-likeness (QED) is 0.873. The predicted molar refractivity (Wildman–Crippen MR) is 75.5 cm³/mol. The lowest BCUT2D eigenvalue weighted by molar-refractivity contribution is -0.148. The van der Waals surface area contributed by atoms with Gasteiger partial charge in [0.25, 0.3) is 0 Å². The molecular weight excluding hydrogens is 266 g/mol. The van der Waals surface area contributed by atoms with Crippen LogP contribution in [0.5, 0.6) is 0 Å². The van der Waals surface area contributed by atoms with E-state index < -0.39 is 11.5 Å². The molecule has 0 atom stereocenters. The van der Waals surface area contributed by atoms with Gasteiger partial charge in [-0.2, -0.15) is 5.10 Å². The second-order valence-corrected chi connectivity index (χ2v) is 5.47. The molecule has 0 unspecified atom stereocenters. The van der Waals surface area contributed by atoms with E-state index in [1.54, 1.807) is 25.8 Å². The zero-order valence-corrected chi connectivity index (χ0v) is 13.0. The number of likely N-dealkylation sites (N-methyl/N-ethyl adjacent to an activating group) is 1. The molecule has 0 aliphatic heterocycles. The summed E-state index contributed by atoms with van der Waals surface area (Å²) < 4.78 is 1.84. The first-order valence-electron chi connectivity index (χ1n) is 6.44. The van der Waals surface area contributed by atoms with Crippen LogP contribution in [-0.4, -0.2) is 38.3 Å². The van der Waals surface area contributed by atoms with Crippen molar-refractivity contribution >= 4 is 17.6 Å². The summed E-state index contributed by atoms with van der Waals surface area (Å²) in [6.45, 7) is 8.53. The highest BCUT2D eigenvalue weighted by molar-refractivity contribution is 6.31. The molecular formula is C13H22ClN3O2. The van der Waals surface area contributed by atoms with E-state index in [0.717, 1.165) is 24.4 Å². The Labute approximate surface area is 119 Å². The fraction of sp³-hybridized carbons (Fsp3) is 0.692. The van der Waals surface area contributed by atoms with Crippen LogP contribution in [0.2, 0.25) is 5.02 Å². The Hall–Kier alpha value is -1.07. The van der Waals surface area contributed by atoms with Crippen molar-refractivity contribution < 1.29 is 9.90 Å². The molecule has 0 aromatic carbocycles. The molecule has 6 heteroatoms. The second-order valence-electron chi connectivity index (χ2n) is 5.10. The van der Waals surface area contributed by atoms with Crippen molar-refractivity contribution in [3.8, 4) is 0 Å². The van der Waals surface area contributed by atoms with Crippen molar-refractivity contribution in [3.05, 3.63) is 16.4 Å². The summed E-state index contributed by atoms with van der Waals surface area (Å²) in [6.07, 6.45) is 0.769. The fourth-order valence-electron chi connectivity index (χ4n) is 1.75. The van der Waals surface area contributed by atoms with Crippen molar-refractivity contribution in [1.82, 2.24) is 14.7 Å². The normalized spacial score (nSPS) is 12.2. The number of carboxylic acid groups (broad SMARTS) is 1. The number of carbonyl (C=O) groups is 1. The third kappa shape index (κ3) is 3.09. The maximum Gasteiger partial charge on any atom is 0.323 e. The monoisotopic (exact) mass is 287 g/mol. The van der Waals surface area contributed by atoms with Crippen LogP contribution in [0.1, 0.15) is 39.1 Å². The van der Waals surface area contributed by atoms with Crippen LogP contribution in [0.25, 0.3) is 0 Å². The molecule has 1 rings (SSSR count). The number of aryl methyl sites for hydroxylation is 2. The zero-order valence-electron chi connectivity index (χ0n) is 12.2. The average molecular weight is 288 g/mol. The van der Waals surface area contributed by atoms with Gasteiger partial charge in [0.2, 0.25) is 0 Å². The van der Waals surface area contributed by atoms with Crippen LogP contribution < -0.4 is 0 Å². The maximum absolute atomic E-state index is 11.3. The van der Waals surface area contributed by atoms with Crippen molar-refractivity contribution in [2.45, 2.75) is 52.7 Å². The molecule has 0 fully saturated rings. The van der Waals surface area contributed by atoms with Gasteiger partial charge in [-0.05, 0) is 34.2 Å². The van der Waals surface area contributed by atoms with Crippen LogP contribution in [0.15, 0.2) is 0 Å². The van der Waals surface area contributed by atoms with Gasteiger partial charge in [0, 0.05) is 13.1 Å². The molecule has 0 saturated carbocycles. The van der Waals surface area contributed by atoms with Crippen LogP contribution in [0.4, 0.5) is 0 Å². The summed E-state index contributed by atoms with van der Waals surface area (Å²) in [7, 11) is 1.78. The lowest BCUT2D eigenvalue weighted by atomic mass is 10.0. The van der Waals surface area contributed by atoms with Crippen LogP contribution >= 0.6 is 11.6 Å². The average Bonchev–Trinajstić information content (AvgIpc) is 2.65. The number of hydrogen-bond acceptors (Lipinski definition) is 3. The standard InChI is InChI=1S/C13H22ClN3O2/c1-6-9-11(14)10(17(7-2)15-9)8-16(5)13(3,4)12(18)19/h6-8H2,1-5H3,(H,18,19). The lowest BCUT2D eigenvalue weighted by Crippen LogP contribution is -2.47. The summed E-state index contributed by atoms with van der Waals surface area (Å²) in [6, 6.07) is 0. The van der Waals surface area contributed by atoms with Gasteiger partial charge in [-0.3, -0.25) is 14.4 Å². The fourth-order valence-corrected chi connectivity index (χ4v) is 2.08. The third-order valence-corrected chi connectivity index (χ3v) is 4.00. The van der Waals surface area contributed by atoms with Crippen molar-refractivity contribution in [2.24, 2.45) is 0 Å². The Morgan fingerprint density at radius 3 is 2.47 bits per heavy atom. The Bertz CT molecular complexity index is 469. The summed E-state index contributed by atoms with van der Waals surface area (Å²) in [5.74, 6) is -0.857. The van der Waals surface area contributed by atoms with Gasteiger partial charge < -0.3 is 5.11 Å². The summed E-state index contributed by atoms with van der Waals surface area (Å²) in [5, 5.41) is 14.3. The molecule has 19 heavy (non-hydrogen) atoms. The predicted octanol–water partition coefficient (Wildman–Crippen LogP) is 2.41. The number of carboxylic acids is 1. The van der Waals surface area contributed by atoms with Gasteiger partial charge in [0.05, 0.1) is 16.4 Å². The van der Waals surface area contributed by atoms with E-state index in [-0.39, 0.29) is 0 Å². The van der Waals surface area contributed by atoms with Crippen LogP contribution in [-0.2, 0) is 24.3 Å². The molecule has 0 radical (unpaired) electrons. The molecule has 1 N–H and O–H groups in total. The van der Waals surface area contributed by atoms with Crippen molar-refractivity contribution in [3.63, 3.8) is 0 Å². The zero-order chi connectivity index (χ0) is 14.8. The summed E-state index contributed by atoms with van der Waals surface area (Å²) in [5.41, 5.74) is 0.788. The first kappa shape index (κ1) is 16.0. The number of hydrogen-bond donors (Lipinski definition) is 1. The highest BCUT2D eigenvalue weighted by atomic mass is 35.5. The van der Waals surface area contributed by atoms with E-state index in [4.69, 9.17) is 11.6 Å². The molecule has 1 aromatic heterocycles. The molecule has 1 heterocycles. The lowest BCUT2D eigenvalue weighted by Gasteiger charge is -2.31. The highest BCUT2D eigenvalue weighted by Crippen LogP contribution is 2.25. The Kier molecular flexibility index (Phi) is 4.98. The Balaban J connectivity index is 3.05. The van der Waals surface area contributed by atoms with Gasteiger partial charge in [0.1, 0.15) is 5.54 Å². The topological polar surface area (TPSA) is 58.4 Å². The number of aliphatic carboxylic acids is 1. The minimum Gasteiger partial charge on any atom is -0.480 e. The van der Waals surface area contributed by atoms with E-state index in [9.17, 15) is 9.90 Å². The van der Waals surface area contributed by atoms with Crippen LogP contribution in [0.3, 0.4) is 0 Å². The van der Waals surface area contributed by atoms with Gasteiger partial charge in [-0.15, -0.1) is 0 Å². The number of halogens is 1. The van der Waals surface area contributed by atoms with Gasteiger partial charge in [0.15, 0.2) is 0 Å². The SMILES string of the molecule is CCc1nn(CC)c(CN(C)C(C)(C)C(=O)O)c1Cl. The maximum atomic E-state index is 11.3. The molecule has 0 amide bonds. The van der Waals surface area contributed by atoms with Gasteiger partial charge in [-0.25, -0.2) is 0 Å². The third-order valence-electron chi connectivity index (χ3n) is 3.56. The Morgan fingerprint density at radius 1 is 1.47 bits per heavy atom. The minimum absolute atomic E-state index is 0.457. The molecule has 0 spiro atoms. The molecule has 0 aliphatic carbocycles. The van der Waals surface area contributed by atoms with E-state index in [2.05, 4.69) is 5.10 Å². The van der Waals surface area contributed by atoms with E-state index in [1.807, 2.05) is 18.5 Å². The van der Waals surface area contributed by atoms with Gasteiger partial charge in [-0.1, -0.05) is 18.5 Å². The molecule has 0 saturated heterocycles. The summed E-state index contributed by atoms with van der Waals surface area (Å²) >= 11 is 6.32. The van der Waals surface area contributed by atoms with Gasteiger partial charge >= 0.3 is 5.97 Å². The number of nitrogens with zero attached hydrogens (tertiary/aromatic N) is 3. The van der Waals surface area contributed by atoms with E-state index in [0.29, 0.717) is 11.6 Å². The van der Waals surface area contributed by atoms with E-state index in [1.165, 1.54) is 0 Å². The second kappa shape index (κ2) is 5.92. The largest absolute Gasteiger partial charge is 0.480 e. The smallest absolute Gasteiger partial charge is 0.323 e. The Morgan fingerprint density at radius 2 is 2.05 bits per heavy atom. The number of rotatable bonds is 6. The molecule has 108 valence electrons. The molecule has 1 aromatic rings. The van der Waals surface area contributed by atoms with Crippen LogP contribution in [0, 0.1) is 0 Å². The first-order valence-corrected chi connectivity index (χ1v) is 6.82. The highest BCUT2D eigenvalue weighted by Gasteiger charge is 2.33. The minimum atomic E-state index is -0.946. The molecule has 0 aliphatic rings. The van der Waals surface area contributed by atoms with Crippen molar-refractivity contribution in [2.75, 3.05) is 7.05 Å².